The molecule has 58 valence electrons. The zero-order chi connectivity index (χ0) is 7.68. The molecule has 1 heteroatoms. The molecule has 0 unspecified atom stereocenters. The summed E-state index contributed by atoms with van der Waals surface area (Å²) in [5.74, 6) is 0.670. The lowest BCUT2D eigenvalue weighted by molar-refractivity contribution is 0.909. The minimum absolute atomic E-state index is 0.670. The van der Waals surface area contributed by atoms with Gasteiger partial charge in [0.05, 0.1) is 0 Å². The van der Waals surface area contributed by atoms with E-state index in [1.54, 1.807) is 0 Å². The van der Waals surface area contributed by atoms with Crippen molar-refractivity contribution in [1.29, 1.82) is 0 Å². The maximum absolute atomic E-state index is 5.81. The van der Waals surface area contributed by atoms with Crippen molar-refractivity contribution in [3.63, 3.8) is 0 Å². The number of hydrogen-bond acceptors (Lipinski definition) is 0. The maximum Gasteiger partial charge on any atom is 0.0476 e. The van der Waals surface area contributed by atoms with E-state index in [9.17, 15) is 0 Å². The summed E-state index contributed by atoms with van der Waals surface area (Å²) in [6.07, 6.45) is 3.79. The van der Waals surface area contributed by atoms with Crippen molar-refractivity contribution >= 4 is 11.6 Å². The Morgan fingerprint density at radius 1 is 1.27 bits per heavy atom. The molecule has 1 aromatic rings. The summed E-state index contributed by atoms with van der Waals surface area (Å²) in [7, 11) is 0. The molecule has 1 aliphatic carbocycles. The van der Waals surface area contributed by atoms with E-state index in [0.717, 1.165) is 0 Å². The molecule has 0 aliphatic heterocycles. The van der Waals surface area contributed by atoms with Gasteiger partial charge < -0.3 is 0 Å². The van der Waals surface area contributed by atoms with Crippen molar-refractivity contribution in [1.82, 2.24) is 0 Å². The van der Waals surface area contributed by atoms with Crippen LogP contribution in [0.25, 0.3) is 0 Å². The largest absolute Gasteiger partial charge is 0.122 e. The van der Waals surface area contributed by atoms with Crippen molar-refractivity contribution in [2.45, 2.75) is 25.1 Å². The zero-order valence-corrected chi connectivity index (χ0v) is 7.19. The number of aryl methyl sites for hydroxylation is 1. The van der Waals surface area contributed by atoms with Gasteiger partial charge in [0.15, 0.2) is 0 Å². The summed E-state index contributed by atoms with van der Waals surface area (Å²) < 4.78 is 0. The molecule has 0 spiro atoms. The highest BCUT2D eigenvalue weighted by atomic mass is 35.5. The Morgan fingerprint density at radius 3 is 3.00 bits per heavy atom. The summed E-state index contributed by atoms with van der Waals surface area (Å²) in [6.45, 7) is 0. The molecule has 0 amide bonds. The average molecular weight is 167 g/mol. The smallest absolute Gasteiger partial charge is 0.0476 e. The van der Waals surface area contributed by atoms with Crippen molar-refractivity contribution < 1.29 is 0 Å². The summed E-state index contributed by atoms with van der Waals surface area (Å²) in [5, 5.41) is 0. The van der Waals surface area contributed by atoms with E-state index in [2.05, 4.69) is 18.2 Å². The third-order valence-electron chi connectivity index (χ3n) is 2.39. The first-order chi connectivity index (χ1) is 5.42. The number of rotatable bonds is 1. The zero-order valence-electron chi connectivity index (χ0n) is 6.44. The number of benzene rings is 1. The molecule has 0 heterocycles. The highest BCUT2D eigenvalue weighted by Gasteiger charge is 2.12. The molecule has 0 aromatic heterocycles. The second-order valence-electron chi connectivity index (χ2n) is 3.04. The standard InChI is InChI=1S/C10H11Cl/c11-7-9-5-1-3-8-4-2-6-10(8)9/h1,3,5H,2,4,6-7H2. The van der Waals surface area contributed by atoms with Crippen LogP contribution in [0.1, 0.15) is 23.1 Å². The van der Waals surface area contributed by atoms with Gasteiger partial charge in [-0.05, 0) is 36.0 Å². The molecular formula is C10H11Cl. The van der Waals surface area contributed by atoms with Crippen molar-refractivity contribution in [3.8, 4) is 0 Å². The third-order valence-corrected chi connectivity index (χ3v) is 2.67. The van der Waals surface area contributed by atoms with E-state index in [1.807, 2.05) is 0 Å². The summed E-state index contributed by atoms with van der Waals surface area (Å²) in [5.41, 5.74) is 4.37. The van der Waals surface area contributed by atoms with Gasteiger partial charge in [-0.1, -0.05) is 18.2 Å². The highest BCUT2D eigenvalue weighted by Crippen LogP contribution is 2.25. The Hall–Kier alpha value is -0.490. The molecule has 0 N–H and O–H groups in total. The van der Waals surface area contributed by atoms with Gasteiger partial charge in [-0.15, -0.1) is 11.6 Å². The van der Waals surface area contributed by atoms with Gasteiger partial charge in [-0.3, -0.25) is 0 Å². The van der Waals surface area contributed by atoms with Gasteiger partial charge >= 0.3 is 0 Å². The van der Waals surface area contributed by atoms with Crippen LogP contribution < -0.4 is 0 Å². The Balaban J connectivity index is 2.50. The molecule has 0 bridgehead atoms. The molecule has 0 saturated carbocycles. The normalized spacial score (nSPS) is 15.0. The SMILES string of the molecule is ClCc1cccc2c1CCC2. The molecule has 11 heavy (non-hydrogen) atoms. The molecule has 0 saturated heterocycles. The lowest BCUT2D eigenvalue weighted by Gasteiger charge is -2.03. The van der Waals surface area contributed by atoms with E-state index in [0.29, 0.717) is 5.88 Å². The number of halogens is 1. The molecule has 1 aliphatic rings. The maximum atomic E-state index is 5.81. The monoisotopic (exact) mass is 166 g/mol. The predicted molar refractivity (Wildman–Crippen MR) is 48.0 cm³/mol. The van der Waals surface area contributed by atoms with Gasteiger partial charge in [0.25, 0.3) is 0 Å². The van der Waals surface area contributed by atoms with Crippen LogP contribution in [-0.2, 0) is 18.7 Å². The minimum Gasteiger partial charge on any atom is -0.122 e. The second-order valence-corrected chi connectivity index (χ2v) is 3.31. The van der Waals surface area contributed by atoms with Crippen LogP contribution in [0.5, 0.6) is 0 Å². The average Bonchev–Trinajstić information content (AvgIpc) is 2.50. The lowest BCUT2D eigenvalue weighted by Crippen LogP contribution is -1.88. The first kappa shape index (κ1) is 7.17. The minimum atomic E-state index is 0.670. The van der Waals surface area contributed by atoms with Gasteiger partial charge in [0.1, 0.15) is 0 Å². The first-order valence-corrected chi connectivity index (χ1v) is 4.61. The molecular weight excluding hydrogens is 156 g/mol. The molecule has 1 aromatic carbocycles. The van der Waals surface area contributed by atoms with E-state index in [1.165, 1.54) is 36.0 Å². The van der Waals surface area contributed by atoms with Crippen LogP contribution in [-0.4, -0.2) is 0 Å². The van der Waals surface area contributed by atoms with Crippen LogP contribution in [0, 0.1) is 0 Å². The van der Waals surface area contributed by atoms with E-state index in [4.69, 9.17) is 11.6 Å². The first-order valence-electron chi connectivity index (χ1n) is 4.07. The summed E-state index contributed by atoms with van der Waals surface area (Å²) in [6, 6.07) is 6.47. The Labute approximate surface area is 72.2 Å². The number of alkyl halides is 1. The Bertz CT molecular complexity index is 266. The number of hydrogen-bond donors (Lipinski definition) is 0. The van der Waals surface area contributed by atoms with Gasteiger partial charge in [-0.25, -0.2) is 0 Å². The summed E-state index contributed by atoms with van der Waals surface area (Å²) >= 11 is 5.81. The molecule has 0 atom stereocenters. The van der Waals surface area contributed by atoms with Crippen molar-refractivity contribution in [3.05, 3.63) is 34.9 Å². The van der Waals surface area contributed by atoms with E-state index >= 15 is 0 Å². The van der Waals surface area contributed by atoms with Gasteiger partial charge in [-0.2, -0.15) is 0 Å². The Kier molecular flexibility index (Phi) is 1.87. The van der Waals surface area contributed by atoms with E-state index in [-0.39, 0.29) is 0 Å². The quantitative estimate of drug-likeness (QED) is 0.563. The molecule has 0 nitrogen and oxygen atoms in total. The second kappa shape index (κ2) is 2.86. The van der Waals surface area contributed by atoms with Crippen LogP contribution in [0.15, 0.2) is 18.2 Å². The van der Waals surface area contributed by atoms with Crippen LogP contribution >= 0.6 is 11.6 Å². The van der Waals surface area contributed by atoms with Gasteiger partial charge in [0.2, 0.25) is 0 Å². The fourth-order valence-corrected chi connectivity index (χ4v) is 2.07. The van der Waals surface area contributed by atoms with Crippen molar-refractivity contribution in [2.75, 3.05) is 0 Å². The molecule has 2 rings (SSSR count). The number of fused-ring (bicyclic) bond motifs is 1. The highest BCUT2D eigenvalue weighted by molar-refractivity contribution is 6.17. The van der Waals surface area contributed by atoms with Crippen LogP contribution in [0.4, 0.5) is 0 Å². The fourth-order valence-electron chi connectivity index (χ4n) is 1.82. The van der Waals surface area contributed by atoms with Crippen LogP contribution in [0.3, 0.4) is 0 Å². The van der Waals surface area contributed by atoms with Gasteiger partial charge in [0, 0.05) is 5.88 Å². The van der Waals surface area contributed by atoms with E-state index < -0.39 is 0 Å². The van der Waals surface area contributed by atoms with Crippen molar-refractivity contribution in [2.24, 2.45) is 0 Å². The third kappa shape index (κ3) is 1.16. The fraction of sp³-hybridized carbons (Fsp3) is 0.400. The lowest BCUT2D eigenvalue weighted by atomic mass is 10.1. The molecule has 0 radical (unpaired) electrons. The van der Waals surface area contributed by atoms with Crippen LogP contribution in [0.2, 0.25) is 0 Å². The molecule has 0 fully saturated rings. The topological polar surface area (TPSA) is 0 Å². The summed E-state index contributed by atoms with van der Waals surface area (Å²) in [4.78, 5) is 0. The predicted octanol–water partition coefficient (Wildman–Crippen LogP) is 2.91. The Morgan fingerprint density at radius 2 is 2.18 bits per heavy atom.